The average molecular weight is 230 g/mol. The molecule has 1 heterocycles. The second-order valence-corrected chi connectivity index (χ2v) is 5.46. The fourth-order valence-corrected chi connectivity index (χ4v) is 2.21. The molecule has 0 amide bonds. The fraction of sp³-hybridized carbons (Fsp3) is 1.00. The van der Waals surface area contributed by atoms with Crippen LogP contribution in [0, 0.1) is 11.8 Å². The topological polar surface area (TPSA) is 27.7 Å². The van der Waals surface area contributed by atoms with E-state index in [1.54, 1.807) is 0 Å². The van der Waals surface area contributed by atoms with Crippen LogP contribution in [0.15, 0.2) is 0 Å². The molecule has 0 spiro atoms. The monoisotopic (exact) mass is 230 g/mol. The van der Waals surface area contributed by atoms with Gasteiger partial charge in [0.2, 0.25) is 0 Å². The van der Waals surface area contributed by atoms with Crippen molar-refractivity contribution in [3.8, 4) is 0 Å². The molecular weight excluding hydrogens is 204 g/mol. The molecule has 1 saturated heterocycles. The maximum atomic E-state index is 6.08. The van der Waals surface area contributed by atoms with Gasteiger partial charge >= 0.3 is 0 Å². The third-order valence-electron chi connectivity index (χ3n) is 3.07. The Kier molecular flexibility index (Phi) is 4.77. The summed E-state index contributed by atoms with van der Waals surface area (Å²) in [4.78, 5) is 0. The highest BCUT2D eigenvalue weighted by Crippen LogP contribution is 2.37. The third kappa shape index (κ3) is 2.96. The van der Waals surface area contributed by atoms with E-state index < -0.39 is 5.79 Å². The lowest BCUT2D eigenvalue weighted by atomic mass is 9.91. The van der Waals surface area contributed by atoms with E-state index in [0.717, 1.165) is 0 Å². The van der Waals surface area contributed by atoms with Gasteiger partial charge in [-0.25, -0.2) is 0 Å². The van der Waals surface area contributed by atoms with E-state index in [1.807, 2.05) is 13.8 Å². The number of hydrogen-bond donors (Lipinski definition) is 0. The lowest BCUT2D eigenvalue weighted by Crippen LogP contribution is -2.42. The van der Waals surface area contributed by atoms with Crippen LogP contribution in [-0.4, -0.2) is 31.2 Å². The zero-order valence-electron chi connectivity index (χ0n) is 11.4. The minimum Gasteiger partial charge on any atom is -0.376 e. The van der Waals surface area contributed by atoms with Crippen molar-refractivity contribution in [2.24, 2.45) is 11.8 Å². The summed E-state index contributed by atoms with van der Waals surface area (Å²) < 4.78 is 17.6. The maximum absolute atomic E-state index is 6.08. The molecule has 0 bridgehead atoms. The van der Waals surface area contributed by atoms with Gasteiger partial charge in [-0.1, -0.05) is 27.7 Å². The molecule has 0 radical (unpaired) electrons. The van der Waals surface area contributed by atoms with Gasteiger partial charge in [0.1, 0.15) is 6.10 Å². The Hall–Kier alpha value is -0.120. The summed E-state index contributed by atoms with van der Waals surface area (Å²) in [6, 6.07) is 0. The molecule has 0 aromatic rings. The molecule has 0 aromatic heterocycles. The quantitative estimate of drug-likeness (QED) is 0.727. The molecule has 3 heteroatoms. The first-order chi connectivity index (χ1) is 7.38. The molecule has 0 saturated carbocycles. The van der Waals surface area contributed by atoms with Crippen molar-refractivity contribution in [2.45, 2.75) is 59.5 Å². The molecule has 0 N–H and O–H groups in total. The van der Waals surface area contributed by atoms with Gasteiger partial charge in [-0.3, -0.25) is 0 Å². The standard InChI is InChI=1S/C13H26O3/c1-9(2)13(10(3)4)15-8-12(16-13)7-14-11(5)6/h9-12H,7-8H2,1-6H3. The van der Waals surface area contributed by atoms with E-state index in [0.29, 0.717) is 25.0 Å². The van der Waals surface area contributed by atoms with Crippen molar-refractivity contribution in [3.63, 3.8) is 0 Å². The second kappa shape index (κ2) is 5.48. The smallest absolute Gasteiger partial charge is 0.173 e. The third-order valence-corrected chi connectivity index (χ3v) is 3.07. The van der Waals surface area contributed by atoms with Crippen molar-refractivity contribution in [3.05, 3.63) is 0 Å². The Morgan fingerprint density at radius 1 is 1.12 bits per heavy atom. The van der Waals surface area contributed by atoms with Gasteiger partial charge in [0.25, 0.3) is 0 Å². The Morgan fingerprint density at radius 3 is 2.06 bits per heavy atom. The van der Waals surface area contributed by atoms with E-state index in [9.17, 15) is 0 Å². The van der Waals surface area contributed by atoms with Gasteiger partial charge < -0.3 is 14.2 Å². The number of ether oxygens (including phenoxy) is 3. The van der Waals surface area contributed by atoms with Gasteiger partial charge in [-0.05, 0) is 13.8 Å². The average Bonchev–Trinajstić information content (AvgIpc) is 2.59. The molecule has 1 unspecified atom stereocenters. The molecule has 1 aliphatic rings. The Balaban J connectivity index is 2.54. The first-order valence-electron chi connectivity index (χ1n) is 6.31. The van der Waals surface area contributed by atoms with Gasteiger partial charge in [0.15, 0.2) is 5.79 Å². The van der Waals surface area contributed by atoms with Gasteiger partial charge in [-0.15, -0.1) is 0 Å². The molecule has 96 valence electrons. The van der Waals surface area contributed by atoms with Crippen LogP contribution in [0.4, 0.5) is 0 Å². The van der Waals surface area contributed by atoms with Gasteiger partial charge in [0, 0.05) is 11.8 Å². The molecular formula is C13H26O3. The van der Waals surface area contributed by atoms with Crippen LogP contribution in [0.25, 0.3) is 0 Å². The highest BCUT2D eigenvalue weighted by molar-refractivity contribution is 4.84. The normalized spacial score (nSPS) is 24.9. The first kappa shape index (κ1) is 13.9. The number of hydrogen-bond acceptors (Lipinski definition) is 3. The second-order valence-electron chi connectivity index (χ2n) is 5.46. The SMILES string of the molecule is CC(C)OCC1COC(C(C)C)(C(C)C)O1. The summed E-state index contributed by atoms with van der Waals surface area (Å²) in [6.07, 6.45) is 0.323. The molecule has 1 atom stereocenters. The summed E-state index contributed by atoms with van der Waals surface area (Å²) >= 11 is 0. The van der Waals surface area contributed by atoms with Crippen LogP contribution >= 0.6 is 0 Å². The molecule has 0 aromatic carbocycles. The van der Waals surface area contributed by atoms with Crippen LogP contribution in [-0.2, 0) is 14.2 Å². The van der Waals surface area contributed by atoms with Crippen molar-refractivity contribution in [1.29, 1.82) is 0 Å². The molecule has 16 heavy (non-hydrogen) atoms. The van der Waals surface area contributed by atoms with Crippen molar-refractivity contribution < 1.29 is 14.2 Å². The van der Waals surface area contributed by atoms with E-state index in [1.165, 1.54) is 0 Å². The molecule has 3 nitrogen and oxygen atoms in total. The lowest BCUT2D eigenvalue weighted by molar-refractivity contribution is -0.229. The maximum Gasteiger partial charge on any atom is 0.173 e. The molecule has 1 fully saturated rings. The van der Waals surface area contributed by atoms with Crippen LogP contribution in [0.5, 0.6) is 0 Å². The Morgan fingerprint density at radius 2 is 1.69 bits per heavy atom. The van der Waals surface area contributed by atoms with E-state index in [2.05, 4.69) is 27.7 Å². The molecule has 1 rings (SSSR count). The van der Waals surface area contributed by atoms with Crippen molar-refractivity contribution >= 4 is 0 Å². The van der Waals surface area contributed by atoms with Crippen LogP contribution < -0.4 is 0 Å². The summed E-state index contributed by atoms with van der Waals surface area (Å²) in [6.45, 7) is 13.9. The largest absolute Gasteiger partial charge is 0.376 e. The number of rotatable bonds is 5. The predicted octanol–water partition coefficient (Wildman–Crippen LogP) is 2.84. The summed E-state index contributed by atoms with van der Waals surface area (Å²) in [5.41, 5.74) is 0. The zero-order chi connectivity index (χ0) is 12.3. The minimum atomic E-state index is -0.426. The molecule has 1 aliphatic heterocycles. The van der Waals surface area contributed by atoms with Crippen molar-refractivity contribution in [2.75, 3.05) is 13.2 Å². The summed E-state index contributed by atoms with van der Waals surface area (Å²) in [7, 11) is 0. The van der Waals surface area contributed by atoms with Crippen molar-refractivity contribution in [1.82, 2.24) is 0 Å². The van der Waals surface area contributed by atoms with E-state index in [-0.39, 0.29) is 12.2 Å². The van der Waals surface area contributed by atoms with E-state index >= 15 is 0 Å². The van der Waals surface area contributed by atoms with Crippen LogP contribution in [0.1, 0.15) is 41.5 Å². The summed E-state index contributed by atoms with van der Waals surface area (Å²) in [5, 5.41) is 0. The van der Waals surface area contributed by atoms with Crippen LogP contribution in [0.3, 0.4) is 0 Å². The highest BCUT2D eigenvalue weighted by Gasteiger charge is 2.46. The Labute approximate surface area is 99.5 Å². The highest BCUT2D eigenvalue weighted by atomic mass is 16.8. The first-order valence-corrected chi connectivity index (χ1v) is 6.31. The van der Waals surface area contributed by atoms with Gasteiger partial charge in [-0.2, -0.15) is 0 Å². The Bertz CT molecular complexity index is 203. The molecule has 0 aliphatic carbocycles. The van der Waals surface area contributed by atoms with Crippen LogP contribution in [0.2, 0.25) is 0 Å². The van der Waals surface area contributed by atoms with E-state index in [4.69, 9.17) is 14.2 Å². The lowest BCUT2D eigenvalue weighted by Gasteiger charge is -2.35. The minimum absolute atomic E-state index is 0.0761. The fourth-order valence-electron chi connectivity index (χ4n) is 2.21. The van der Waals surface area contributed by atoms with Gasteiger partial charge in [0.05, 0.1) is 19.3 Å². The summed E-state index contributed by atoms with van der Waals surface area (Å²) in [5.74, 6) is 0.290. The zero-order valence-corrected chi connectivity index (χ0v) is 11.4. The predicted molar refractivity (Wildman–Crippen MR) is 64.3 cm³/mol.